The van der Waals surface area contributed by atoms with Gasteiger partial charge in [-0.1, -0.05) is 72.8 Å². The molecule has 0 bridgehead atoms. The van der Waals surface area contributed by atoms with Crippen LogP contribution in [0.3, 0.4) is 0 Å². The molecule has 3 aromatic carbocycles. The van der Waals surface area contributed by atoms with Crippen LogP contribution in [-0.2, 0) is 4.79 Å². The molecule has 0 aromatic heterocycles. The van der Waals surface area contributed by atoms with Crippen molar-refractivity contribution in [1.82, 2.24) is 5.32 Å². The van der Waals surface area contributed by atoms with Crippen molar-refractivity contribution in [1.29, 1.82) is 0 Å². The Morgan fingerprint density at radius 2 is 1.43 bits per heavy atom. The van der Waals surface area contributed by atoms with E-state index >= 15 is 0 Å². The van der Waals surface area contributed by atoms with E-state index in [4.69, 9.17) is 4.74 Å². The SMILES string of the molecule is CCOc1ccccc1NC(=O)[C@@H](N[C@H](C)c1ccccc1)c1ccccc1. The van der Waals surface area contributed by atoms with Gasteiger partial charge >= 0.3 is 0 Å². The van der Waals surface area contributed by atoms with E-state index in [2.05, 4.69) is 29.7 Å². The first-order valence-corrected chi connectivity index (χ1v) is 9.57. The molecule has 3 rings (SSSR count). The smallest absolute Gasteiger partial charge is 0.246 e. The molecule has 144 valence electrons. The van der Waals surface area contributed by atoms with Gasteiger partial charge in [0.25, 0.3) is 0 Å². The molecule has 0 fully saturated rings. The van der Waals surface area contributed by atoms with Crippen molar-refractivity contribution in [2.24, 2.45) is 0 Å². The van der Waals surface area contributed by atoms with Crippen LogP contribution in [0.5, 0.6) is 5.75 Å². The lowest BCUT2D eigenvalue weighted by Gasteiger charge is -2.24. The van der Waals surface area contributed by atoms with Crippen LogP contribution >= 0.6 is 0 Å². The third-order valence-corrected chi connectivity index (χ3v) is 4.56. The Bertz CT molecular complexity index is 881. The molecule has 0 radical (unpaired) electrons. The van der Waals surface area contributed by atoms with Crippen LogP contribution in [0.2, 0.25) is 0 Å². The molecule has 0 aliphatic rings. The largest absolute Gasteiger partial charge is 0.492 e. The van der Waals surface area contributed by atoms with Gasteiger partial charge in [-0.2, -0.15) is 0 Å². The summed E-state index contributed by atoms with van der Waals surface area (Å²) < 4.78 is 5.64. The number of ether oxygens (including phenoxy) is 1. The van der Waals surface area contributed by atoms with Gasteiger partial charge < -0.3 is 10.1 Å². The molecule has 0 aliphatic heterocycles. The Morgan fingerprint density at radius 3 is 2.07 bits per heavy atom. The standard InChI is InChI=1S/C24H26N2O2/c1-3-28-22-17-11-10-16-21(22)26-24(27)23(20-14-8-5-9-15-20)25-18(2)19-12-6-4-7-13-19/h4-18,23,25H,3H2,1-2H3,(H,26,27)/t18-,23+/m1/s1. The molecule has 2 atom stereocenters. The predicted octanol–water partition coefficient (Wildman–Crippen LogP) is 5.12. The van der Waals surface area contributed by atoms with Crippen molar-refractivity contribution in [2.75, 3.05) is 11.9 Å². The van der Waals surface area contributed by atoms with Crippen molar-refractivity contribution in [3.63, 3.8) is 0 Å². The Kier molecular flexibility index (Phi) is 6.82. The van der Waals surface area contributed by atoms with Crippen molar-refractivity contribution >= 4 is 11.6 Å². The highest BCUT2D eigenvalue weighted by Gasteiger charge is 2.23. The fourth-order valence-electron chi connectivity index (χ4n) is 3.11. The van der Waals surface area contributed by atoms with Crippen LogP contribution < -0.4 is 15.4 Å². The molecule has 0 aliphatic carbocycles. The van der Waals surface area contributed by atoms with Crippen molar-refractivity contribution in [3.8, 4) is 5.75 Å². The van der Waals surface area contributed by atoms with Crippen LogP contribution in [0.1, 0.15) is 37.1 Å². The Morgan fingerprint density at radius 1 is 0.857 bits per heavy atom. The van der Waals surface area contributed by atoms with E-state index in [9.17, 15) is 4.79 Å². The first-order chi connectivity index (χ1) is 13.7. The van der Waals surface area contributed by atoms with Crippen LogP contribution in [0.15, 0.2) is 84.9 Å². The molecular weight excluding hydrogens is 348 g/mol. The van der Waals surface area contributed by atoms with Crippen LogP contribution in [0.25, 0.3) is 0 Å². The summed E-state index contributed by atoms with van der Waals surface area (Å²) in [6.07, 6.45) is 0. The lowest BCUT2D eigenvalue weighted by atomic mass is 10.0. The lowest BCUT2D eigenvalue weighted by Crippen LogP contribution is -2.34. The number of nitrogens with one attached hydrogen (secondary N) is 2. The third kappa shape index (κ3) is 4.99. The van der Waals surface area contributed by atoms with E-state index in [-0.39, 0.29) is 11.9 Å². The van der Waals surface area contributed by atoms with E-state index in [1.54, 1.807) is 0 Å². The Balaban J connectivity index is 1.84. The second-order valence-electron chi connectivity index (χ2n) is 6.56. The monoisotopic (exact) mass is 374 g/mol. The average Bonchev–Trinajstić information content (AvgIpc) is 2.74. The minimum Gasteiger partial charge on any atom is -0.492 e. The summed E-state index contributed by atoms with van der Waals surface area (Å²) in [6.45, 7) is 4.53. The van der Waals surface area contributed by atoms with Gasteiger partial charge in [0.1, 0.15) is 11.8 Å². The molecular formula is C24H26N2O2. The van der Waals surface area contributed by atoms with Gasteiger partial charge in [-0.3, -0.25) is 10.1 Å². The summed E-state index contributed by atoms with van der Waals surface area (Å²) in [5.74, 6) is 0.544. The molecule has 0 saturated heterocycles. The summed E-state index contributed by atoms with van der Waals surface area (Å²) in [5, 5.41) is 6.49. The fourth-order valence-corrected chi connectivity index (χ4v) is 3.11. The fraction of sp³-hybridized carbons (Fsp3) is 0.208. The summed E-state index contributed by atoms with van der Waals surface area (Å²) in [6, 6.07) is 26.9. The lowest BCUT2D eigenvalue weighted by molar-refractivity contribution is -0.118. The number of carbonyl (C=O) groups is 1. The molecule has 28 heavy (non-hydrogen) atoms. The van der Waals surface area contributed by atoms with Crippen molar-refractivity contribution in [2.45, 2.75) is 25.9 Å². The highest BCUT2D eigenvalue weighted by molar-refractivity contribution is 5.96. The molecule has 3 aromatic rings. The first-order valence-electron chi connectivity index (χ1n) is 9.57. The maximum absolute atomic E-state index is 13.2. The molecule has 0 spiro atoms. The number of rotatable bonds is 8. The average molecular weight is 374 g/mol. The number of amides is 1. The molecule has 4 nitrogen and oxygen atoms in total. The number of benzene rings is 3. The van der Waals surface area contributed by atoms with Gasteiger partial charge in [-0.25, -0.2) is 0 Å². The Hall–Kier alpha value is -3.11. The molecule has 0 heterocycles. The van der Waals surface area contributed by atoms with Crippen molar-refractivity contribution in [3.05, 3.63) is 96.1 Å². The molecule has 4 heteroatoms. The number of anilines is 1. The van der Waals surface area contributed by atoms with E-state index in [1.807, 2.05) is 79.7 Å². The maximum atomic E-state index is 13.2. The topological polar surface area (TPSA) is 50.4 Å². The number of para-hydroxylation sites is 2. The highest BCUT2D eigenvalue weighted by atomic mass is 16.5. The van der Waals surface area contributed by atoms with Gasteiger partial charge in [0, 0.05) is 6.04 Å². The van der Waals surface area contributed by atoms with Gasteiger partial charge in [0.2, 0.25) is 5.91 Å². The summed E-state index contributed by atoms with van der Waals surface area (Å²) in [4.78, 5) is 13.2. The number of carbonyl (C=O) groups excluding carboxylic acids is 1. The summed E-state index contributed by atoms with van der Waals surface area (Å²) >= 11 is 0. The molecule has 1 amide bonds. The quantitative estimate of drug-likeness (QED) is 0.576. The van der Waals surface area contributed by atoms with Crippen LogP contribution in [0.4, 0.5) is 5.69 Å². The molecule has 0 unspecified atom stereocenters. The molecule has 0 saturated carbocycles. The normalized spacial score (nSPS) is 12.8. The number of hydrogen-bond donors (Lipinski definition) is 2. The second kappa shape index (κ2) is 9.72. The number of hydrogen-bond acceptors (Lipinski definition) is 3. The van der Waals surface area contributed by atoms with E-state index in [0.717, 1.165) is 11.1 Å². The third-order valence-electron chi connectivity index (χ3n) is 4.56. The first kappa shape index (κ1) is 19.6. The predicted molar refractivity (Wildman–Crippen MR) is 113 cm³/mol. The minimum atomic E-state index is -0.494. The minimum absolute atomic E-state index is 0.0132. The highest BCUT2D eigenvalue weighted by Crippen LogP contribution is 2.26. The van der Waals surface area contributed by atoms with E-state index in [0.29, 0.717) is 18.0 Å². The second-order valence-corrected chi connectivity index (χ2v) is 6.56. The zero-order chi connectivity index (χ0) is 19.8. The summed E-state index contributed by atoms with van der Waals surface area (Å²) in [5.41, 5.74) is 2.71. The summed E-state index contributed by atoms with van der Waals surface area (Å²) in [7, 11) is 0. The van der Waals surface area contributed by atoms with Crippen LogP contribution in [0, 0.1) is 0 Å². The van der Waals surface area contributed by atoms with Gasteiger partial charge in [-0.15, -0.1) is 0 Å². The van der Waals surface area contributed by atoms with Gasteiger partial charge in [-0.05, 0) is 37.1 Å². The molecule has 2 N–H and O–H groups in total. The van der Waals surface area contributed by atoms with E-state index < -0.39 is 6.04 Å². The maximum Gasteiger partial charge on any atom is 0.246 e. The van der Waals surface area contributed by atoms with Gasteiger partial charge in [0.05, 0.1) is 12.3 Å². The van der Waals surface area contributed by atoms with Crippen LogP contribution in [-0.4, -0.2) is 12.5 Å². The van der Waals surface area contributed by atoms with Gasteiger partial charge in [0.15, 0.2) is 0 Å². The zero-order valence-electron chi connectivity index (χ0n) is 16.3. The van der Waals surface area contributed by atoms with Crippen molar-refractivity contribution < 1.29 is 9.53 Å². The zero-order valence-corrected chi connectivity index (χ0v) is 16.3. The Labute approximate surface area is 166 Å². The van der Waals surface area contributed by atoms with E-state index in [1.165, 1.54) is 0 Å².